The molecule has 0 saturated heterocycles. The smallest absolute Gasteiger partial charge is 0.167 e. The lowest BCUT2D eigenvalue weighted by Crippen LogP contribution is -2.06. The number of nitrogen functional groups attached to an aromatic ring is 1. The van der Waals surface area contributed by atoms with E-state index in [1.807, 2.05) is 4.57 Å². The standard InChI is InChI=1S/C11H13ClN4O/c1-17-6-5-16-7-14-15-11(16)10-8(12)3-2-4-9(10)13/h2-4,7H,5-6,13H2,1H3. The van der Waals surface area contributed by atoms with Gasteiger partial charge in [0.25, 0.3) is 0 Å². The molecule has 1 heterocycles. The number of nitrogens with two attached hydrogens (primary N) is 1. The second-order valence-electron chi connectivity index (χ2n) is 3.54. The summed E-state index contributed by atoms with van der Waals surface area (Å²) in [6, 6.07) is 5.37. The first-order valence-electron chi connectivity index (χ1n) is 5.15. The minimum atomic E-state index is 0.566. The fourth-order valence-electron chi connectivity index (χ4n) is 1.58. The highest BCUT2D eigenvalue weighted by Crippen LogP contribution is 2.31. The third kappa shape index (κ3) is 2.40. The van der Waals surface area contributed by atoms with Crippen molar-refractivity contribution in [1.82, 2.24) is 14.8 Å². The number of anilines is 1. The van der Waals surface area contributed by atoms with Gasteiger partial charge in [-0.2, -0.15) is 0 Å². The van der Waals surface area contributed by atoms with Crippen molar-refractivity contribution in [2.45, 2.75) is 6.54 Å². The maximum atomic E-state index is 6.13. The van der Waals surface area contributed by atoms with Crippen molar-refractivity contribution >= 4 is 17.3 Å². The van der Waals surface area contributed by atoms with Gasteiger partial charge in [0.15, 0.2) is 5.82 Å². The van der Waals surface area contributed by atoms with E-state index in [0.29, 0.717) is 35.2 Å². The van der Waals surface area contributed by atoms with E-state index < -0.39 is 0 Å². The fraction of sp³-hybridized carbons (Fsp3) is 0.273. The Morgan fingerprint density at radius 2 is 2.29 bits per heavy atom. The molecule has 0 bridgehead atoms. The van der Waals surface area contributed by atoms with Crippen molar-refractivity contribution in [3.63, 3.8) is 0 Å². The van der Waals surface area contributed by atoms with Crippen molar-refractivity contribution < 1.29 is 4.74 Å². The van der Waals surface area contributed by atoms with Crippen LogP contribution in [0.25, 0.3) is 11.4 Å². The largest absolute Gasteiger partial charge is 0.398 e. The quantitative estimate of drug-likeness (QED) is 0.843. The van der Waals surface area contributed by atoms with Gasteiger partial charge in [-0.15, -0.1) is 10.2 Å². The van der Waals surface area contributed by atoms with E-state index in [0.717, 1.165) is 0 Å². The average molecular weight is 253 g/mol. The normalized spacial score (nSPS) is 10.7. The number of hydrogen-bond donors (Lipinski definition) is 1. The molecule has 6 heteroatoms. The molecule has 2 rings (SSSR count). The van der Waals surface area contributed by atoms with Crippen molar-refractivity contribution in [3.8, 4) is 11.4 Å². The van der Waals surface area contributed by atoms with Crippen LogP contribution in [-0.4, -0.2) is 28.5 Å². The number of nitrogens with zero attached hydrogens (tertiary/aromatic N) is 3. The summed E-state index contributed by atoms with van der Waals surface area (Å²) in [5.41, 5.74) is 7.21. The molecule has 0 amide bonds. The molecule has 5 nitrogen and oxygen atoms in total. The Morgan fingerprint density at radius 1 is 1.47 bits per heavy atom. The topological polar surface area (TPSA) is 66.0 Å². The number of hydrogen-bond acceptors (Lipinski definition) is 4. The van der Waals surface area contributed by atoms with E-state index in [9.17, 15) is 0 Å². The van der Waals surface area contributed by atoms with Gasteiger partial charge < -0.3 is 15.0 Å². The molecule has 1 aromatic carbocycles. The molecular formula is C11H13ClN4O. The number of benzene rings is 1. The van der Waals surface area contributed by atoms with Gasteiger partial charge in [0.2, 0.25) is 0 Å². The van der Waals surface area contributed by atoms with E-state index >= 15 is 0 Å². The van der Waals surface area contributed by atoms with Gasteiger partial charge in [-0.1, -0.05) is 17.7 Å². The lowest BCUT2D eigenvalue weighted by atomic mass is 10.1. The Bertz CT molecular complexity index is 492. The van der Waals surface area contributed by atoms with Gasteiger partial charge in [0, 0.05) is 19.3 Å². The van der Waals surface area contributed by atoms with Crippen LogP contribution in [0.4, 0.5) is 5.69 Å². The van der Waals surface area contributed by atoms with E-state index in [4.69, 9.17) is 22.1 Å². The predicted molar refractivity (Wildman–Crippen MR) is 66.8 cm³/mol. The summed E-state index contributed by atoms with van der Waals surface area (Å²) in [7, 11) is 1.65. The molecule has 17 heavy (non-hydrogen) atoms. The first kappa shape index (κ1) is 11.9. The highest BCUT2D eigenvalue weighted by atomic mass is 35.5. The molecule has 2 aromatic rings. The zero-order valence-electron chi connectivity index (χ0n) is 9.43. The van der Waals surface area contributed by atoms with E-state index in [2.05, 4.69) is 10.2 Å². The van der Waals surface area contributed by atoms with Crippen LogP contribution in [0.2, 0.25) is 5.02 Å². The van der Waals surface area contributed by atoms with Gasteiger partial charge in [-0.3, -0.25) is 0 Å². The fourth-order valence-corrected chi connectivity index (χ4v) is 1.84. The van der Waals surface area contributed by atoms with E-state index in [1.165, 1.54) is 0 Å². The zero-order valence-corrected chi connectivity index (χ0v) is 10.2. The van der Waals surface area contributed by atoms with Crippen LogP contribution >= 0.6 is 11.6 Å². The van der Waals surface area contributed by atoms with Gasteiger partial charge >= 0.3 is 0 Å². The molecule has 0 fully saturated rings. The van der Waals surface area contributed by atoms with Crippen molar-refractivity contribution in [1.29, 1.82) is 0 Å². The Labute approximate surface area is 104 Å². The summed E-state index contributed by atoms with van der Waals surface area (Å²) in [5, 5.41) is 8.50. The molecular weight excluding hydrogens is 240 g/mol. The predicted octanol–water partition coefficient (Wildman–Crippen LogP) is 1.83. The SMILES string of the molecule is COCCn1cnnc1-c1c(N)cccc1Cl. The van der Waals surface area contributed by atoms with Crippen LogP contribution in [0.5, 0.6) is 0 Å². The lowest BCUT2D eigenvalue weighted by Gasteiger charge is -2.09. The van der Waals surface area contributed by atoms with Crippen LogP contribution in [0.3, 0.4) is 0 Å². The Balaban J connectivity index is 2.43. The molecule has 90 valence electrons. The number of rotatable bonds is 4. The van der Waals surface area contributed by atoms with Crippen molar-refractivity contribution in [2.75, 3.05) is 19.5 Å². The average Bonchev–Trinajstić information content (AvgIpc) is 2.74. The Kier molecular flexibility index (Phi) is 3.61. The van der Waals surface area contributed by atoms with E-state index in [1.54, 1.807) is 31.6 Å². The maximum Gasteiger partial charge on any atom is 0.167 e. The van der Waals surface area contributed by atoms with Crippen LogP contribution in [0.15, 0.2) is 24.5 Å². The molecule has 0 radical (unpaired) electrons. The van der Waals surface area contributed by atoms with Gasteiger partial charge in [-0.25, -0.2) is 0 Å². The van der Waals surface area contributed by atoms with Crippen molar-refractivity contribution in [3.05, 3.63) is 29.5 Å². The van der Waals surface area contributed by atoms with Crippen LogP contribution in [0, 0.1) is 0 Å². The zero-order chi connectivity index (χ0) is 12.3. The molecule has 0 aliphatic carbocycles. The van der Waals surface area contributed by atoms with Gasteiger partial charge in [0.05, 0.1) is 17.2 Å². The maximum absolute atomic E-state index is 6.13. The summed E-state index contributed by atoms with van der Waals surface area (Å²) in [5.74, 6) is 0.658. The summed E-state index contributed by atoms with van der Waals surface area (Å²) in [6.07, 6.45) is 1.64. The number of ether oxygens (including phenoxy) is 1. The Morgan fingerprint density at radius 3 is 3.00 bits per heavy atom. The van der Waals surface area contributed by atoms with Gasteiger partial charge in [0.1, 0.15) is 6.33 Å². The summed E-state index contributed by atoms with van der Waals surface area (Å²) >= 11 is 6.13. The van der Waals surface area contributed by atoms with Crippen molar-refractivity contribution in [2.24, 2.45) is 0 Å². The highest BCUT2D eigenvalue weighted by molar-refractivity contribution is 6.33. The molecule has 0 spiro atoms. The second-order valence-corrected chi connectivity index (χ2v) is 3.95. The molecule has 0 saturated carbocycles. The third-order valence-electron chi connectivity index (χ3n) is 2.42. The van der Waals surface area contributed by atoms with Crippen LogP contribution in [-0.2, 0) is 11.3 Å². The van der Waals surface area contributed by atoms with Crippen LogP contribution < -0.4 is 5.73 Å². The molecule has 0 aliphatic rings. The first-order chi connectivity index (χ1) is 8.24. The number of halogens is 1. The highest BCUT2D eigenvalue weighted by Gasteiger charge is 2.13. The van der Waals surface area contributed by atoms with Crippen LogP contribution in [0.1, 0.15) is 0 Å². The summed E-state index contributed by atoms with van der Waals surface area (Å²) < 4.78 is 6.89. The molecule has 2 N–H and O–H groups in total. The molecule has 0 unspecified atom stereocenters. The summed E-state index contributed by atoms with van der Waals surface area (Å²) in [6.45, 7) is 1.24. The minimum Gasteiger partial charge on any atom is -0.398 e. The lowest BCUT2D eigenvalue weighted by molar-refractivity contribution is 0.187. The minimum absolute atomic E-state index is 0.566. The third-order valence-corrected chi connectivity index (χ3v) is 2.74. The number of methoxy groups -OCH3 is 1. The first-order valence-corrected chi connectivity index (χ1v) is 5.53. The number of aromatic nitrogens is 3. The Hall–Kier alpha value is -1.59. The van der Waals surface area contributed by atoms with E-state index in [-0.39, 0.29) is 0 Å². The second kappa shape index (κ2) is 5.16. The molecule has 0 atom stereocenters. The molecule has 1 aromatic heterocycles. The molecule has 0 aliphatic heterocycles. The summed E-state index contributed by atoms with van der Waals surface area (Å²) in [4.78, 5) is 0. The van der Waals surface area contributed by atoms with Gasteiger partial charge in [-0.05, 0) is 12.1 Å². The monoisotopic (exact) mass is 252 g/mol.